The van der Waals surface area contributed by atoms with E-state index >= 15 is 0 Å². The summed E-state index contributed by atoms with van der Waals surface area (Å²) in [5.41, 5.74) is 0. The molecule has 1 aliphatic rings. The summed E-state index contributed by atoms with van der Waals surface area (Å²) in [5, 5.41) is 8.59. The van der Waals surface area contributed by atoms with E-state index < -0.39 is 5.97 Å². The quantitative estimate of drug-likeness (QED) is 0.724. The van der Waals surface area contributed by atoms with Gasteiger partial charge in [0, 0.05) is 6.42 Å². The number of carboxylic acids is 1. The van der Waals surface area contributed by atoms with Crippen LogP contribution in [0.15, 0.2) is 0 Å². The molecule has 0 spiro atoms. The predicted molar refractivity (Wildman–Crippen MR) is 56.5 cm³/mol. The molecule has 3 heteroatoms. The van der Waals surface area contributed by atoms with Crippen LogP contribution < -0.4 is 0 Å². The van der Waals surface area contributed by atoms with Crippen molar-refractivity contribution in [2.45, 2.75) is 45.4 Å². The summed E-state index contributed by atoms with van der Waals surface area (Å²) in [4.78, 5) is 10.4. The standard InChI is InChI=1S/C10H18O2.Ca.2H/c1-2-8-3-5-9(6-4-8)7-10(11)12;;;/h8-9H,2-7H2,1H3,(H,11,12);;;. The van der Waals surface area contributed by atoms with Gasteiger partial charge < -0.3 is 5.11 Å². The number of rotatable bonds is 3. The molecule has 1 rings (SSSR count). The van der Waals surface area contributed by atoms with E-state index in [-0.39, 0.29) is 37.7 Å². The number of carboxylic acid groups (broad SMARTS) is 1. The number of aliphatic carboxylic acids is 1. The van der Waals surface area contributed by atoms with Gasteiger partial charge in [0.15, 0.2) is 0 Å². The molecule has 13 heavy (non-hydrogen) atoms. The first-order chi connectivity index (χ1) is 5.72. The molecule has 1 aliphatic carbocycles. The van der Waals surface area contributed by atoms with Gasteiger partial charge in [-0.2, -0.15) is 0 Å². The van der Waals surface area contributed by atoms with Crippen LogP contribution in [0.25, 0.3) is 0 Å². The summed E-state index contributed by atoms with van der Waals surface area (Å²) in [7, 11) is 0. The van der Waals surface area contributed by atoms with Crippen molar-refractivity contribution in [2.75, 3.05) is 0 Å². The van der Waals surface area contributed by atoms with Crippen molar-refractivity contribution >= 4 is 43.7 Å². The molecule has 0 aromatic rings. The Hall–Kier alpha value is 0.730. The second-order valence-electron chi connectivity index (χ2n) is 3.89. The summed E-state index contributed by atoms with van der Waals surface area (Å²) < 4.78 is 0. The third-order valence-corrected chi connectivity index (χ3v) is 3.01. The van der Waals surface area contributed by atoms with Gasteiger partial charge in [0.05, 0.1) is 0 Å². The molecule has 2 nitrogen and oxygen atoms in total. The molecule has 0 unspecified atom stereocenters. The van der Waals surface area contributed by atoms with E-state index in [0.717, 1.165) is 18.8 Å². The maximum absolute atomic E-state index is 10.4. The molecule has 0 aromatic carbocycles. The molecule has 1 saturated carbocycles. The first-order valence-electron chi connectivity index (χ1n) is 4.94. The number of carbonyl (C=O) groups is 1. The molecule has 74 valence electrons. The summed E-state index contributed by atoms with van der Waals surface area (Å²) in [6.07, 6.45) is 6.40. The Balaban J connectivity index is 0.00000144. The summed E-state index contributed by atoms with van der Waals surface area (Å²) in [5.74, 6) is 0.704. The minimum atomic E-state index is -0.630. The van der Waals surface area contributed by atoms with Gasteiger partial charge in [0.25, 0.3) is 0 Å². The Labute approximate surface area is 110 Å². The van der Waals surface area contributed by atoms with Gasteiger partial charge in [-0.15, -0.1) is 0 Å². The van der Waals surface area contributed by atoms with Gasteiger partial charge >= 0.3 is 43.7 Å². The van der Waals surface area contributed by atoms with E-state index in [1.807, 2.05) is 0 Å². The second kappa shape index (κ2) is 7.08. The molecule has 0 radical (unpaired) electrons. The van der Waals surface area contributed by atoms with Crippen LogP contribution in [0.4, 0.5) is 0 Å². The van der Waals surface area contributed by atoms with Gasteiger partial charge in [-0.25, -0.2) is 0 Å². The fourth-order valence-electron chi connectivity index (χ4n) is 2.09. The molecule has 0 heterocycles. The average molecular weight is 212 g/mol. The first kappa shape index (κ1) is 13.7. The van der Waals surface area contributed by atoms with Gasteiger partial charge in [-0.05, 0) is 24.7 Å². The fraction of sp³-hybridized carbons (Fsp3) is 0.900. The summed E-state index contributed by atoms with van der Waals surface area (Å²) in [6.45, 7) is 2.22. The van der Waals surface area contributed by atoms with Crippen molar-refractivity contribution in [3.8, 4) is 0 Å². The summed E-state index contributed by atoms with van der Waals surface area (Å²) in [6, 6.07) is 0. The molecule has 0 aliphatic heterocycles. The van der Waals surface area contributed by atoms with E-state index in [4.69, 9.17) is 5.11 Å². The van der Waals surface area contributed by atoms with Crippen molar-refractivity contribution in [2.24, 2.45) is 11.8 Å². The first-order valence-corrected chi connectivity index (χ1v) is 4.94. The zero-order valence-corrected chi connectivity index (χ0v) is 7.75. The molecule has 1 fully saturated rings. The zero-order valence-electron chi connectivity index (χ0n) is 7.75. The Bertz CT molecular complexity index is 151. The van der Waals surface area contributed by atoms with Crippen LogP contribution in [-0.4, -0.2) is 48.8 Å². The monoisotopic (exact) mass is 212 g/mol. The second-order valence-corrected chi connectivity index (χ2v) is 3.89. The van der Waals surface area contributed by atoms with Crippen molar-refractivity contribution in [1.82, 2.24) is 0 Å². The van der Waals surface area contributed by atoms with E-state index in [1.165, 1.54) is 19.3 Å². The average Bonchev–Trinajstić information content (AvgIpc) is 2.05. The Morgan fingerprint density at radius 2 is 1.69 bits per heavy atom. The van der Waals surface area contributed by atoms with Gasteiger partial charge in [-0.3, -0.25) is 4.79 Å². The third-order valence-electron chi connectivity index (χ3n) is 3.01. The molecule has 0 aromatic heterocycles. The molecular weight excluding hydrogens is 192 g/mol. The fourth-order valence-corrected chi connectivity index (χ4v) is 2.09. The molecule has 0 atom stereocenters. The van der Waals surface area contributed by atoms with E-state index in [2.05, 4.69) is 6.92 Å². The SMILES string of the molecule is CCC1CCC(CC(=O)O)CC1.[CaH2]. The van der Waals surface area contributed by atoms with Gasteiger partial charge in [0.2, 0.25) is 0 Å². The van der Waals surface area contributed by atoms with Crippen molar-refractivity contribution in [1.29, 1.82) is 0 Å². The zero-order chi connectivity index (χ0) is 8.97. The van der Waals surface area contributed by atoms with E-state index in [9.17, 15) is 4.79 Å². The molecular formula is C10H20CaO2. The van der Waals surface area contributed by atoms with Crippen LogP contribution in [0.3, 0.4) is 0 Å². The van der Waals surface area contributed by atoms with Crippen LogP contribution in [0.5, 0.6) is 0 Å². The van der Waals surface area contributed by atoms with E-state index in [1.54, 1.807) is 0 Å². The molecule has 0 bridgehead atoms. The predicted octanol–water partition coefficient (Wildman–Crippen LogP) is 1.76. The Morgan fingerprint density at radius 3 is 2.08 bits per heavy atom. The van der Waals surface area contributed by atoms with Crippen molar-refractivity contribution in [3.63, 3.8) is 0 Å². The number of hydrogen-bond donors (Lipinski definition) is 1. The van der Waals surface area contributed by atoms with Crippen molar-refractivity contribution in [3.05, 3.63) is 0 Å². The topological polar surface area (TPSA) is 37.3 Å². The van der Waals surface area contributed by atoms with Crippen LogP contribution in [-0.2, 0) is 4.79 Å². The van der Waals surface area contributed by atoms with Gasteiger partial charge in [-0.1, -0.05) is 26.2 Å². The molecule has 0 saturated heterocycles. The molecule has 0 amide bonds. The summed E-state index contributed by atoms with van der Waals surface area (Å²) >= 11 is 0. The van der Waals surface area contributed by atoms with Crippen LogP contribution in [0.1, 0.15) is 45.4 Å². The van der Waals surface area contributed by atoms with Gasteiger partial charge in [0.1, 0.15) is 0 Å². The Kier molecular flexibility index (Phi) is 7.48. The van der Waals surface area contributed by atoms with E-state index in [0.29, 0.717) is 12.3 Å². The normalized spacial score (nSPS) is 27.8. The minimum absolute atomic E-state index is 0. The van der Waals surface area contributed by atoms with Crippen LogP contribution >= 0.6 is 0 Å². The number of hydrogen-bond acceptors (Lipinski definition) is 1. The maximum atomic E-state index is 10.4. The molecule has 1 N–H and O–H groups in total. The van der Waals surface area contributed by atoms with Crippen LogP contribution in [0, 0.1) is 11.8 Å². The Morgan fingerprint density at radius 1 is 1.23 bits per heavy atom. The van der Waals surface area contributed by atoms with Crippen LogP contribution in [0.2, 0.25) is 0 Å². The third kappa shape index (κ3) is 5.24. The van der Waals surface area contributed by atoms with Crippen molar-refractivity contribution < 1.29 is 9.90 Å².